The topological polar surface area (TPSA) is 95.2 Å². The Balaban J connectivity index is 1.37. The Morgan fingerprint density at radius 3 is 3.14 bits per heavy atom. The molecule has 29 heavy (non-hydrogen) atoms. The van der Waals surface area contributed by atoms with Gasteiger partial charge in [-0.25, -0.2) is 9.97 Å². The minimum Gasteiger partial charge on any atom is -0.493 e. The summed E-state index contributed by atoms with van der Waals surface area (Å²) in [4.78, 5) is 26.5. The van der Waals surface area contributed by atoms with E-state index in [1.807, 2.05) is 24.4 Å². The van der Waals surface area contributed by atoms with Gasteiger partial charge < -0.3 is 25.3 Å². The van der Waals surface area contributed by atoms with E-state index in [9.17, 15) is 4.79 Å². The second-order valence-electron chi connectivity index (χ2n) is 6.96. The van der Waals surface area contributed by atoms with Crippen LogP contribution < -0.4 is 20.3 Å². The SMILES string of the molecule is COc1c(Cl)cccc1NCC(=O)N[C@H]1CCCN(c2ncnc3[nH]ccc23)C1. The Morgan fingerprint density at radius 1 is 1.38 bits per heavy atom. The van der Waals surface area contributed by atoms with Crippen LogP contribution >= 0.6 is 11.6 Å². The van der Waals surface area contributed by atoms with E-state index in [0.717, 1.165) is 36.2 Å². The number of anilines is 2. The van der Waals surface area contributed by atoms with Crippen molar-refractivity contribution in [1.82, 2.24) is 20.3 Å². The third-order valence-corrected chi connectivity index (χ3v) is 5.33. The Labute approximate surface area is 173 Å². The Kier molecular flexibility index (Phi) is 5.71. The van der Waals surface area contributed by atoms with E-state index in [2.05, 4.69) is 30.5 Å². The quantitative estimate of drug-likeness (QED) is 0.574. The van der Waals surface area contributed by atoms with E-state index in [1.165, 1.54) is 0 Å². The normalized spacial score (nSPS) is 16.6. The van der Waals surface area contributed by atoms with Gasteiger partial charge in [-0.3, -0.25) is 4.79 Å². The number of carbonyl (C=O) groups excluding carboxylic acids is 1. The molecule has 0 saturated carbocycles. The van der Waals surface area contributed by atoms with Crippen LogP contribution in [0.1, 0.15) is 12.8 Å². The average Bonchev–Trinajstić information content (AvgIpc) is 3.21. The first kappa shape index (κ1) is 19.3. The molecule has 2 aromatic heterocycles. The zero-order chi connectivity index (χ0) is 20.2. The Hall–Kier alpha value is -3.00. The van der Waals surface area contributed by atoms with Crippen LogP contribution in [-0.4, -0.2) is 53.6 Å². The number of aromatic amines is 1. The van der Waals surface area contributed by atoms with Crippen LogP contribution in [0, 0.1) is 0 Å². The number of nitrogens with zero attached hydrogens (tertiary/aromatic N) is 3. The largest absolute Gasteiger partial charge is 0.493 e. The highest BCUT2D eigenvalue weighted by atomic mass is 35.5. The molecule has 0 unspecified atom stereocenters. The molecule has 1 amide bonds. The van der Waals surface area contributed by atoms with Crippen LogP contribution in [0.5, 0.6) is 5.75 Å². The maximum absolute atomic E-state index is 12.5. The maximum Gasteiger partial charge on any atom is 0.239 e. The zero-order valence-corrected chi connectivity index (χ0v) is 16.9. The molecule has 0 radical (unpaired) electrons. The van der Waals surface area contributed by atoms with E-state index >= 15 is 0 Å². The number of aromatic nitrogens is 3. The molecule has 3 N–H and O–H groups in total. The number of piperidine rings is 1. The molecule has 0 aliphatic carbocycles. The third kappa shape index (κ3) is 4.22. The number of H-pyrrole nitrogens is 1. The zero-order valence-electron chi connectivity index (χ0n) is 16.1. The first-order valence-electron chi connectivity index (χ1n) is 9.54. The highest BCUT2D eigenvalue weighted by Gasteiger charge is 2.24. The highest BCUT2D eigenvalue weighted by Crippen LogP contribution is 2.32. The Morgan fingerprint density at radius 2 is 2.28 bits per heavy atom. The molecule has 1 fully saturated rings. The molecule has 1 aromatic carbocycles. The summed E-state index contributed by atoms with van der Waals surface area (Å²) in [5.41, 5.74) is 1.51. The van der Waals surface area contributed by atoms with Crippen molar-refractivity contribution in [3.05, 3.63) is 41.8 Å². The first-order valence-corrected chi connectivity index (χ1v) is 9.92. The van der Waals surface area contributed by atoms with Crippen LogP contribution in [0.4, 0.5) is 11.5 Å². The summed E-state index contributed by atoms with van der Waals surface area (Å²) < 4.78 is 5.30. The van der Waals surface area contributed by atoms with E-state index < -0.39 is 0 Å². The van der Waals surface area contributed by atoms with Gasteiger partial charge in [0.05, 0.1) is 29.8 Å². The molecule has 0 spiro atoms. The average molecular weight is 415 g/mol. The van der Waals surface area contributed by atoms with Crippen LogP contribution in [0.25, 0.3) is 11.0 Å². The maximum atomic E-state index is 12.5. The molecular weight excluding hydrogens is 392 g/mol. The molecule has 0 bridgehead atoms. The number of benzene rings is 1. The molecule has 4 rings (SSSR count). The van der Waals surface area contributed by atoms with Crippen molar-refractivity contribution >= 4 is 40.0 Å². The fourth-order valence-electron chi connectivity index (χ4n) is 3.71. The number of carbonyl (C=O) groups is 1. The summed E-state index contributed by atoms with van der Waals surface area (Å²) >= 11 is 6.12. The van der Waals surface area contributed by atoms with Gasteiger partial charge in [-0.2, -0.15) is 0 Å². The lowest BCUT2D eigenvalue weighted by Crippen LogP contribution is -2.49. The van der Waals surface area contributed by atoms with Gasteiger partial charge in [-0.05, 0) is 31.0 Å². The van der Waals surface area contributed by atoms with E-state index in [4.69, 9.17) is 16.3 Å². The van der Waals surface area contributed by atoms with Crippen molar-refractivity contribution in [2.45, 2.75) is 18.9 Å². The number of ether oxygens (including phenoxy) is 1. The molecule has 1 aliphatic heterocycles. The fraction of sp³-hybridized carbons (Fsp3) is 0.350. The van der Waals surface area contributed by atoms with Crippen molar-refractivity contribution in [2.24, 2.45) is 0 Å². The molecule has 1 saturated heterocycles. The van der Waals surface area contributed by atoms with E-state index in [1.54, 1.807) is 19.5 Å². The number of rotatable bonds is 6. The molecule has 8 nitrogen and oxygen atoms in total. The molecule has 152 valence electrons. The monoisotopic (exact) mass is 414 g/mol. The summed E-state index contributed by atoms with van der Waals surface area (Å²) in [7, 11) is 1.55. The predicted octanol–water partition coefficient (Wildman–Crippen LogP) is 2.82. The number of halogens is 1. The number of hydrogen-bond donors (Lipinski definition) is 3. The standard InChI is InChI=1S/C20H23ClN6O2/c1-29-18-15(21)5-2-6-16(18)23-10-17(28)26-13-4-3-9-27(11-13)20-14-7-8-22-19(14)24-12-25-20/h2,5-8,12-13,23H,3-4,9-11H2,1H3,(H,26,28)(H,22,24,25)/t13-/m0/s1. The third-order valence-electron chi connectivity index (χ3n) is 5.03. The minimum absolute atomic E-state index is 0.0586. The summed E-state index contributed by atoms with van der Waals surface area (Å²) in [6.07, 6.45) is 5.35. The lowest BCUT2D eigenvalue weighted by Gasteiger charge is -2.34. The summed E-state index contributed by atoms with van der Waals surface area (Å²) in [5, 5.41) is 7.71. The summed E-state index contributed by atoms with van der Waals surface area (Å²) in [5.74, 6) is 1.36. The van der Waals surface area contributed by atoms with Gasteiger partial charge in [-0.1, -0.05) is 17.7 Å². The van der Waals surface area contributed by atoms with Crippen molar-refractivity contribution in [1.29, 1.82) is 0 Å². The van der Waals surface area contributed by atoms with Gasteiger partial charge in [0.25, 0.3) is 0 Å². The number of fused-ring (bicyclic) bond motifs is 1. The molecule has 9 heteroatoms. The number of methoxy groups -OCH3 is 1. The molecular formula is C20H23ClN6O2. The number of amides is 1. The smallest absolute Gasteiger partial charge is 0.239 e. The van der Waals surface area contributed by atoms with Crippen molar-refractivity contribution in [2.75, 3.05) is 37.0 Å². The van der Waals surface area contributed by atoms with Crippen LogP contribution in [0.2, 0.25) is 5.02 Å². The number of hydrogen-bond acceptors (Lipinski definition) is 6. The first-order chi connectivity index (χ1) is 14.2. The second-order valence-corrected chi connectivity index (χ2v) is 7.37. The van der Waals surface area contributed by atoms with Gasteiger partial charge in [0, 0.05) is 25.3 Å². The van der Waals surface area contributed by atoms with Crippen LogP contribution in [0.3, 0.4) is 0 Å². The summed E-state index contributed by atoms with van der Waals surface area (Å²) in [6.45, 7) is 1.76. The van der Waals surface area contributed by atoms with Crippen molar-refractivity contribution < 1.29 is 9.53 Å². The van der Waals surface area contributed by atoms with E-state index in [-0.39, 0.29) is 18.5 Å². The van der Waals surface area contributed by atoms with Crippen molar-refractivity contribution in [3.63, 3.8) is 0 Å². The van der Waals surface area contributed by atoms with Gasteiger partial charge in [0.1, 0.15) is 17.8 Å². The van der Waals surface area contributed by atoms with Gasteiger partial charge >= 0.3 is 0 Å². The van der Waals surface area contributed by atoms with Crippen molar-refractivity contribution in [3.8, 4) is 5.75 Å². The minimum atomic E-state index is -0.0756. The molecule has 3 heterocycles. The fourth-order valence-corrected chi connectivity index (χ4v) is 3.96. The molecule has 3 aromatic rings. The number of nitrogens with one attached hydrogen (secondary N) is 3. The highest BCUT2D eigenvalue weighted by molar-refractivity contribution is 6.32. The van der Waals surface area contributed by atoms with Gasteiger partial charge in [0.15, 0.2) is 5.75 Å². The van der Waals surface area contributed by atoms with E-state index in [0.29, 0.717) is 23.0 Å². The lowest BCUT2D eigenvalue weighted by atomic mass is 10.1. The predicted molar refractivity (Wildman–Crippen MR) is 114 cm³/mol. The lowest BCUT2D eigenvalue weighted by molar-refractivity contribution is -0.120. The van der Waals surface area contributed by atoms with Gasteiger partial charge in [-0.15, -0.1) is 0 Å². The number of para-hydroxylation sites is 1. The molecule has 1 atom stereocenters. The van der Waals surface area contributed by atoms with Crippen LogP contribution in [-0.2, 0) is 4.79 Å². The van der Waals surface area contributed by atoms with Gasteiger partial charge in [0.2, 0.25) is 5.91 Å². The second kappa shape index (κ2) is 8.57. The molecule has 1 aliphatic rings. The van der Waals surface area contributed by atoms with Crippen LogP contribution in [0.15, 0.2) is 36.8 Å². The Bertz CT molecular complexity index is 1010. The summed E-state index contributed by atoms with van der Waals surface area (Å²) in [6, 6.07) is 7.43.